The number of carbonyl (C=O) groups excluding carboxylic acids is 2. The Balaban J connectivity index is 1.47. The number of nitrogens with two attached hydrogens (primary N) is 1. The highest BCUT2D eigenvalue weighted by Gasteiger charge is 2.45. The van der Waals surface area contributed by atoms with Crippen LogP contribution >= 0.6 is 46.3 Å². The van der Waals surface area contributed by atoms with Gasteiger partial charge >= 0.3 is 0 Å². The van der Waals surface area contributed by atoms with E-state index < -0.39 is 5.92 Å². The number of thioether (sulfide) groups is 1. The number of nitriles is 1. The van der Waals surface area contributed by atoms with Crippen molar-refractivity contribution >= 4 is 68.8 Å². The fraction of sp³-hybridized carbons (Fsp3) is 0.250. The van der Waals surface area contributed by atoms with E-state index in [1.165, 1.54) is 23.1 Å². The molecule has 2 heterocycles. The summed E-state index contributed by atoms with van der Waals surface area (Å²) in [7, 11) is 0. The van der Waals surface area contributed by atoms with Gasteiger partial charge in [-0.2, -0.15) is 5.26 Å². The molecule has 1 atom stereocenters. The van der Waals surface area contributed by atoms with E-state index in [9.17, 15) is 14.9 Å². The number of rotatable bonds is 6. The fourth-order valence-corrected chi connectivity index (χ4v) is 7.04. The zero-order valence-corrected chi connectivity index (χ0v) is 24.7. The van der Waals surface area contributed by atoms with Gasteiger partial charge in [0, 0.05) is 22.7 Å². The normalized spacial score (nSPS) is 18.4. The van der Waals surface area contributed by atoms with Crippen LogP contribution in [-0.2, 0) is 9.59 Å². The summed E-state index contributed by atoms with van der Waals surface area (Å²) >= 11 is 14.9. The molecular weight excluding hydrogens is 587 g/mol. The van der Waals surface area contributed by atoms with Gasteiger partial charge in [-0.25, -0.2) is 0 Å². The van der Waals surface area contributed by atoms with Gasteiger partial charge in [-0.1, -0.05) is 84.4 Å². The molecule has 1 aromatic heterocycles. The van der Waals surface area contributed by atoms with Crippen LogP contribution in [0.2, 0.25) is 10.0 Å². The first-order valence-corrected chi connectivity index (χ1v) is 14.9. The molecule has 3 aromatic rings. The third-order valence-electron chi connectivity index (χ3n) is 6.62. The Kier molecular flexibility index (Phi) is 7.93. The van der Waals surface area contributed by atoms with E-state index in [1.54, 1.807) is 47.4 Å². The van der Waals surface area contributed by atoms with Crippen molar-refractivity contribution in [2.45, 2.75) is 36.9 Å². The highest BCUT2D eigenvalue weighted by atomic mass is 35.5. The number of amides is 1. The lowest BCUT2D eigenvalue weighted by molar-refractivity contribution is -0.118. The van der Waals surface area contributed by atoms with Gasteiger partial charge < -0.3 is 11.1 Å². The highest BCUT2D eigenvalue weighted by Crippen LogP contribution is 2.51. The van der Waals surface area contributed by atoms with Crippen LogP contribution in [-0.4, -0.2) is 27.6 Å². The lowest BCUT2D eigenvalue weighted by Crippen LogP contribution is -2.42. The number of carbonyl (C=O) groups is 2. The van der Waals surface area contributed by atoms with Gasteiger partial charge in [0.25, 0.3) is 0 Å². The van der Waals surface area contributed by atoms with E-state index in [0.29, 0.717) is 49.3 Å². The summed E-state index contributed by atoms with van der Waals surface area (Å²) in [6.45, 7) is 4.06. The zero-order chi connectivity index (χ0) is 28.6. The molecule has 5 rings (SSSR count). The minimum atomic E-state index is -0.631. The van der Waals surface area contributed by atoms with Crippen molar-refractivity contribution in [2.75, 3.05) is 16.0 Å². The zero-order valence-electron chi connectivity index (χ0n) is 21.6. The number of nitrogens with one attached hydrogen (secondary N) is 1. The number of halogens is 2. The summed E-state index contributed by atoms with van der Waals surface area (Å²) in [6, 6.07) is 16.4. The third-order valence-corrected chi connectivity index (χ3v) is 9.23. The molecular formula is C28H24Cl2N6O2S2. The Morgan fingerprint density at radius 2 is 2.00 bits per heavy atom. The lowest BCUT2D eigenvalue weighted by atomic mass is 9.69. The van der Waals surface area contributed by atoms with Crippen molar-refractivity contribution in [2.24, 2.45) is 11.1 Å². The summed E-state index contributed by atoms with van der Waals surface area (Å²) in [5.41, 5.74) is 9.07. The number of ketones is 1. The van der Waals surface area contributed by atoms with E-state index >= 15 is 0 Å². The summed E-state index contributed by atoms with van der Waals surface area (Å²) < 4.78 is 0.538. The van der Waals surface area contributed by atoms with Crippen molar-refractivity contribution in [1.29, 1.82) is 5.26 Å². The van der Waals surface area contributed by atoms with Gasteiger partial charge in [0.05, 0.1) is 34.0 Å². The smallest absolute Gasteiger partial charge is 0.234 e. The molecule has 1 aliphatic carbocycles. The van der Waals surface area contributed by atoms with Crippen LogP contribution in [0.4, 0.5) is 10.8 Å². The number of allylic oxidation sites excluding steroid dienone is 3. The third kappa shape index (κ3) is 5.60. The largest absolute Gasteiger partial charge is 0.384 e. The number of Topliss-reactive ketones (excluding diaryl/α,β-unsaturated/α-hetero) is 1. The number of aromatic nitrogens is 2. The molecule has 2 aromatic carbocycles. The Hall–Kier alpha value is -3.36. The quantitative estimate of drug-likeness (QED) is 0.302. The molecule has 0 spiro atoms. The SMILES string of the molecule is CC1(C)CC(=O)C2=C(C1)N(c1nnc(SCC(=O)Nc3ccccc3Cl)s1)C(N)=C(C#N)C2c1cccc(Cl)c1. The highest BCUT2D eigenvalue weighted by molar-refractivity contribution is 8.01. The molecule has 3 N–H and O–H groups in total. The summed E-state index contributed by atoms with van der Waals surface area (Å²) in [5, 5.41) is 23.0. The molecule has 12 heteroatoms. The predicted molar refractivity (Wildman–Crippen MR) is 159 cm³/mol. The monoisotopic (exact) mass is 610 g/mol. The molecule has 1 aliphatic heterocycles. The number of benzene rings is 2. The van der Waals surface area contributed by atoms with E-state index in [-0.39, 0.29) is 34.3 Å². The van der Waals surface area contributed by atoms with Gasteiger partial charge in [-0.05, 0) is 41.7 Å². The van der Waals surface area contributed by atoms with Crippen molar-refractivity contribution in [3.05, 3.63) is 86.8 Å². The molecule has 0 fully saturated rings. The van der Waals surface area contributed by atoms with Crippen molar-refractivity contribution in [1.82, 2.24) is 10.2 Å². The Labute approximate surface area is 249 Å². The second kappa shape index (κ2) is 11.3. The first-order chi connectivity index (χ1) is 19.1. The van der Waals surface area contributed by atoms with E-state index in [0.717, 1.165) is 5.56 Å². The van der Waals surface area contributed by atoms with Crippen LogP contribution in [0.1, 0.15) is 38.2 Å². The van der Waals surface area contributed by atoms with Crippen LogP contribution < -0.4 is 16.0 Å². The van der Waals surface area contributed by atoms with Gasteiger partial charge in [0.15, 0.2) is 10.1 Å². The minimum Gasteiger partial charge on any atom is -0.384 e. The maximum absolute atomic E-state index is 13.6. The molecule has 0 saturated carbocycles. The Bertz CT molecular complexity index is 1620. The standard InChI is InChI=1S/C28H24Cl2N6O2S2/c1-28(2)11-20-24(21(37)12-28)23(15-6-5-7-16(29)10-15)17(13-31)25(32)36(20)26-34-35-27(40-26)39-14-22(38)33-19-9-4-3-8-18(19)30/h3-10,23H,11-12,14,32H2,1-2H3,(H,33,38). The topological polar surface area (TPSA) is 125 Å². The molecule has 204 valence electrons. The van der Waals surface area contributed by atoms with Crippen molar-refractivity contribution in [3.8, 4) is 6.07 Å². The van der Waals surface area contributed by atoms with Crippen molar-refractivity contribution in [3.63, 3.8) is 0 Å². The summed E-state index contributed by atoms with van der Waals surface area (Å²) in [6.07, 6.45) is 0.889. The Morgan fingerprint density at radius 1 is 1.23 bits per heavy atom. The maximum atomic E-state index is 13.6. The summed E-state index contributed by atoms with van der Waals surface area (Å²) in [4.78, 5) is 27.8. The van der Waals surface area contributed by atoms with Crippen LogP contribution in [0.15, 0.2) is 75.5 Å². The average Bonchev–Trinajstić information content (AvgIpc) is 3.36. The molecule has 8 nitrogen and oxygen atoms in total. The van der Waals surface area contributed by atoms with Crippen LogP contribution in [0.3, 0.4) is 0 Å². The maximum Gasteiger partial charge on any atom is 0.234 e. The average molecular weight is 612 g/mol. The molecule has 0 bridgehead atoms. The van der Waals surface area contributed by atoms with Gasteiger partial charge in [0.1, 0.15) is 5.82 Å². The second-order valence-electron chi connectivity index (χ2n) is 10.2. The molecule has 0 saturated heterocycles. The number of para-hydroxylation sites is 1. The number of hydrogen-bond donors (Lipinski definition) is 2. The van der Waals surface area contributed by atoms with Gasteiger partial charge in [0.2, 0.25) is 11.0 Å². The number of nitrogens with zero attached hydrogens (tertiary/aromatic N) is 4. The first kappa shape index (κ1) is 28.2. The van der Waals surface area contributed by atoms with E-state index in [4.69, 9.17) is 28.9 Å². The minimum absolute atomic E-state index is 0.0446. The second-order valence-corrected chi connectivity index (χ2v) is 13.2. The van der Waals surface area contributed by atoms with E-state index in [2.05, 4.69) is 21.6 Å². The lowest BCUT2D eigenvalue weighted by Gasteiger charge is -2.42. The number of anilines is 2. The van der Waals surface area contributed by atoms with Crippen LogP contribution in [0, 0.1) is 16.7 Å². The van der Waals surface area contributed by atoms with Crippen molar-refractivity contribution < 1.29 is 9.59 Å². The first-order valence-electron chi connectivity index (χ1n) is 12.3. The molecule has 1 amide bonds. The molecule has 0 radical (unpaired) electrons. The molecule has 40 heavy (non-hydrogen) atoms. The fourth-order valence-electron chi connectivity index (χ4n) is 4.97. The van der Waals surface area contributed by atoms with Crippen LogP contribution in [0.25, 0.3) is 0 Å². The van der Waals surface area contributed by atoms with Gasteiger partial charge in [-0.3, -0.25) is 14.5 Å². The summed E-state index contributed by atoms with van der Waals surface area (Å²) in [5.74, 6) is -0.634. The van der Waals surface area contributed by atoms with Gasteiger partial charge in [-0.15, -0.1) is 10.2 Å². The number of hydrogen-bond acceptors (Lipinski definition) is 9. The Morgan fingerprint density at radius 3 is 2.73 bits per heavy atom. The predicted octanol–water partition coefficient (Wildman–Crippen LogP) is 6.52. The molecule has 2 aliphatic rings. The molecule has 1 unspecified atom stereocenters. The van der Waals surface area contributed by atoms with E-state index in [1.807, 2.05) is 19.9 Å². The van der Waals surface area contributed by atoms with Crippen LogP contribution in [0.5, 0.6) is 0 Å².